The Morgan fingerprint density at radius 1 is 1.19 bits per heavy atom. The highest BCUT2D eigenvalue weighted by atomic mass is 14.9. The molecule has 1 aromatic rings. The van der Waals surface area contributed by atoms with Crippen molar-refractivity contribution in [2.24, 2.45) is 5.73 Å². The molecule has 16 heavy (non-hydrogen) atoms. The van der Waals surface area contributed by atoms with Gasteiger partial charge in [-0.1, -0.05) is 6.07 Å². The molecule has 0 unspecified atom stereocenters. The largest absolute Gasteiger partial charge is 0.385 e. The van der Waals surface area contributed by atoms with Gasteiger partial charge in [0.15, 0.2) is 0 Å². The Balaban J connectivity index is 2.35. The summed E-state index contributed by atoms with van der Waals surface area (Å²) in [7, 11) is 0. The lowest BCUT2D eigenvalue weighted by molar-refractivity contribution is 0.465. The van der Waals surface area contributed by atoms with E-state index in [4.69, 9.17) is 5.73 Å². The fourth-order valence-electron chi connectivity index (χ4n) is 1.63. The van der Waals surface area contributed by atoms with E-state index in [9.17, 15) is 0 Å². The van der Waals surface area contributed by atoms with Gasteiger partial charge in [-0.25, -0.2) is 0 Å². The number of rotatable bonds is 5. The van der Waals surface area contributed by atoms with Crippen LogP contribution in [0.2, 0.25) is 0 Å². The Bertz CT molecular complexity index is 337. The second kappa shape index (κ2) is 5.35. The van der Waals surface area contributed by atoms with E-state index in [2.05, 4.69) is 51.2 Å². The van der Waals surface area contributed by atoms with Crippen LogP contribution < -0.4 is 11.1 Å². The summed E-state index contributed by atoms with van der Waals surface area (Å²) in [5.41, 5.74) is 9.77. The van der Waals surface area contributed by atoms with Gasteiger partial charge < -0.3 is 11.1 Å². The molecule has 0 saturated heterocycles. The summed E-state index contributed by atoms with van der Waals surface area (Å²) in [6, 6.07) is 6.49. The Kier molecular flexibility index (Phi) is 4.36. The second-order valence-electron chi connectivity index (χ2n) is 5.32. The average Bonchev–Trinajstić information content (AvgIpc) is 2.17. The zero-order chi connectivity index (χ0) is 12.2. The van der Waals surface area contributed by atoms with Gasteiger partial charge in [-0.3, -0.25) is 0 Å². The van der Waals surface area contributed by atoms with Crippen molar-refractivity contribution in [1.29, 1.82) is 0 Å². The van der Waals surface area contributed by atoms with Crippen LogP contribution in [-0.2, 0) is 0 Å². The molecular weight excluding hydrogens is 196 g/mol. The van der Waals surface area contributed by atoms with Crippen molar-refractivity contribution in [3.63, 3.8) is 0 Å². The lowest BCUT2D eigenvalue weighted by atomic mass is 10.0. The Hall–Kier alpha value is -1.02. The minimum atomic E-state index is -0.0507. The van der Waals surface area contributed by atoms with E-state index >= 15 is 0 Å². The van der Waals surface area contributed by atoms with E-state index in [-0.39, 0.29) is 5.54 Å². The minimum absolute atomic E-state index is 0.0507. The van der Waals surface area contributed by atoms with Crippen LogP contribution in [0, 0.1) is 13.8 Å². The average molecular weight is 220 g/mol. The molecule has 0 amide bonds. The van der Waals surface area contributed by atoms with Crippen LogP contribution in [0.1, 0.15) is 37.8 Å². The predicted molar refractivity (Wildman–Crippen MR) is 71.9 cm³/mol. The third-order valence-electron chi connectivity index (χ3n) is 2.83. The summed E-state index contributed by atoms with van der Waals surface area (Å²) >= 11 is 0. The molecule has 0 aromatic heterocycles. The SMILES string of the molecule is Cc1ccc(NCCCC(C)(C)N)cc1C. The van der Waals surface area contributed by atoms with Gasteiger partial charge in [0, 0.05) is 17.8 Å². The van der Waals surface area contributed by atoms with E-state index in [1.807, 2.05) is 0 Å². The van der Waals surface area contributed by atoms with Crippen molar-refractivity contribution in [2.45, 2.75) is 46.1 Å². The van der Waals surface area contributed by atoms with Crippen molar-refractivity contribution in [3.8, 4) is 0 Å². The van der Waals surface area contributed by atoms with Gasteiger partial charge in [-0.05, 0) is 63.8 Å². The van der Waals surface area contributed by atoms with Crippen LogP contribution in [0.4, 0.5) is 5.69 Å². The second-order valence-corrected chi connectivity index (χ2v) is 5.32. The van der Waals surface area contributed by atoms with Gasteiger partial charge in [0.25, 0.3) is 0 Å². The van der Waals surface area contributed by atoms with Gasteiger partial charge >= 0.3 is 0 Å². The number of benzene rings is 1. The van der Waals surface area contributed by atoms with Gasteiger partial charge in [-0.15, -0.1) is 0 Å². The molecule has 1 rings (SSSR count). The van der Waals surface area contributed by atoms with E-state index < -0.39 is 0 Å². The van der Waals surface area contributed by atoms with Crippen LogP contribution in [-0.4, -0.2) is 12.1 Å². The molecule has 0 bridgehead atoms. The predicted octanol–water partition coefficient (Wildman–Crippen LogP) is 3.23. The summed E-state index contributed by atoms with van der Waals surface area (Å²) < 4.78 is 0. The highest BCUT2D eigenvalue weighted by Gasteiger charge is 2.08. The molecule has 0 aliphatic rings. The Morgan fingerprint density at radius 2 is 1.88 bits per heavy atom. The molecule has 0 heterocycles. The van der Waals surface area contributed by atoms with Crippen molar-refractivity contribution >= 4 is 5.69 Å². The van der Waals surface area contributed by atoms with E-state index in [0.29, 0.717) is 0 Å². The van der Waals surface area contributed by atoms with E-state index in [1.54, 1.807) is 0 Å². The molecule has 2 nitrogen and oxygen atoms in total. The molecule has 0 fully saturated rings. The van der Waals surface area contributed by atoms with E-state index in [0.717, 1.165) is 19.4 Å². The van der Waals surface area contributed by atoms with Crippen molar-refractivity contribution in [3.05, 3.63) is 29.3 Å². The first-order valence-electron chi connectivity index (χ1n) is 5.98. The third kappa shape index (κ3) is 4.67. The Labute approximate surface area is 99.2 Å². The summed E-state index contributed by atoms with van der Waals surface area (Å²) in [5.74, 6) is 0. The molecule has 0 atom stereocenters. The molecule has 0 saturated carbocycles. The minimum Gasteiger partial charge on any atom is -0.385 e. The van der Waals surface area contributed by atoms with Gasteiger partial charge in [0.2, 0.25) is 0 Å². The number of hydrogen-bond acceptors (Lipinski definition) is 2. The first-order chi connectivity index (χ1) is 7.38. The summed E-state index contributed by atoms with van der Waals surface area (Å²) in [6.45, 7) is 9.41. The number of nitrogens with two attached hydrogens (primary N) is 1. The zero-order valence-electron chi connectivity index (χ0n) is 10.9. The maximum absolute atomic E-state index is 5.93. The van der Waals surface area contributed by atoms with Crippen molar-refractivity contribution in [2.75, 3.05) is 11.9 Å². The molecule has 3 N–H and O–H groups in total. The molecule has 0 aliphatic heterocycles. The molecule has 90 valence electrons. The molecule has 0 spiro atoms. The normalized spacial score (nSPS) is 11.6. The van der Waals surface area contributed by atoms with Gasteiger partial charge in [0.05, 0.1) is 0 Å². The molecule has 0 radical (unpaired) electrons. The third-order valence-corrected chi connectivity index (χ3v) is 2.83. The van der Waals surface area contributed by atoms with Gasteiger partial charge in [-0.2, -0.15) is 0 Å². The van der Waals surface area contributed by atoms with Gasteiger partial charge in [0.1, 0.15) is 0 Å². The monoisotopic (exact) mass is 220 g/mol. The summed E-state index contributed by atoms with van der Waals surface area (Å²) in [4.78, 5) is 0. The quantitative estimate of drug-likeness (QED) is 0.748. The zero-order valence-corrected chi connectivity index (χ0v) is 10.9. The first-order valence-corrected chi connectivity index (χ1v) is 5.98. The van der Waals surface area contributed by atoms with Crippen molar-refractivity contribution in [1.82, 2.24) is 0 Å². The number of aryl methyl sites for hydroxylation is 2. The summed E-state index contributed by atoms with van der Waals surface area (Å²) in [5, 5.41) is 3.43. The first kappa shape index (κ1) is 13.0. The van der Waals surface area contributed by atoms with Crippen LogP contribution in [0.3, 0.4) is 0 Å². The highest BCUT2D eigenvalue weighted by Crippen LogP contribution is 2.14. The molecule has 0 aliphatic carbocycles. The smallest absolute Gasteiger partial charge is 0.0342 e. The van der Waals surface area contributed by atoms with Crippen LogP contribution >= 0.6 is 0 Å². The topological polar surface area (TPSA) is 38.0 Å². The maximum atomic E-state index is 5.93. The van der Waals surface area contributed by atoms with Crippen LogP contribution in [0.15, 0.2) is 18.2 Å². The van der Waals surface area contributed by atoms with Crippen LogP contribution in [0.5, 0.6) is 0 Å². The molecular formula is C14H24N2. The molecule has 1 aromatic carbocycles. The fourth-order valence-corrected chi connectivity index (χ4v) is 1.63. The fraction of sp³-hybridized carbons (Fsp3) is 0.571. The number of hydrogen-bond donors (Lipinski definition) is 2. The lowest BCUT2D eigenvalue weighted by Gasteiger charge is -2.18. The highest BCUT2D eigenvalue weighted by molar-refractivity contribution is 5.47. The number of nitrogens with one attached hydrogen (secondary N) is 1. The lowest BCUT2D eigenvalue weighted by Crippen LogP contribution is -2.32. The van der Waals surface area contributed by atoms with E-state index in [1.165, 1.54) is 16.8 Å². The molecule has 2 heteroatoms. The number of anilines is 1. The Morgan fingerprint density at radius 3 is 2.44 bits per heavy atom. The van der Waals surface area contributed by atoms with Crippen LogP contribution in [0.25, 0.3) is 0 Å². The summed E-state index contributed by atoms with van der Waals surface area (Å²) in [6.07, 6.45) is 2.15. The standard InChI is InChI=1S/C14H24N2/c1-11-6-7-13(10-12(11)2)16-9-5-8-14(3,4)15/h6-7,10,16H,5,8-9,15H2,1-4H3. The van der Waals surface area contributed by atoms with Crippen molar-refractivity contribution < 1.29 is 0 Å². The maximum Gasteiger partial charge on any atom is 0.0342 e.